The fraction of sp³-hybridized carbons (Fsp3) is 0.737. The minimum absolute atomic E-state index is 0.178. The summed E-state index contributed by atoms with van der Waals surface area (Å²) >= 11 is 0. The molecule has 0 unspecified atom stereocenters. The van der Waals surface area contributed by atoms with Crippen LogP contribution in [0.2, 0.25) is 0 Å². The van der Waals surface area contributed by atoms with E-state index in [4.69, 9.17) is 19.3 Å². The van der Waals surface area contributed by atoms with Gasteiger partial charge in [-0.2, -0.15) is 0 Å². The molecule has 3 N–H and O–H groups in total. The number of rotatable bonds is 33. The molecular formula is C38H67O9P. The Kier molecular flexibility index (Phi) is 32.1. The van der Waals surface area contributed by atoms with E-state index < -0.39 is 32.5 Å². The average molecular weight is 699 g/mol. The van der Waals surface area contributed by atoms with Crippen molar-refractivity contribution in [1.82, 2.24) is 0 Å². The van der Waals surface area contributed by atoms with Gasteiger partial charge in [-0.05, 0) is 57.8 Å². The van der Waals surface area contributed by atoms with Gasteiger partial charge in [-0.3, -0.25) is 14.1 Å². The van der Waals surface area contributed by atoms with Crippen molar-refractivity contribution in [3.05, 3.63) is 48.6 Å². The third-order valence-corrected chi connectivity index (χ3v) is 8.25. The number of esters is 2. The number of carbonyl (C=O) groups excluding carboxylic acids is 2. The zero-order chi connectivity index (χ0) is 35.6. The first kappa shape index (κ1) is 46.0. The Bertz CT molecular complexity index is 938. The van der Waals surface area contributed by atoms with Gasteiger partial charge in [-0.15, -0.1) is 0 Å². The van der Waals surface area contributed by atoms with Crippen LogP contribution in [0.3, 0.4) is 0 Å². The van der Waals surface area contributed by atoms with Crippen molar-refractivity contribution in [3.63, 3.8) is 0 Å². The summed E-state index contributed by atoms with van der Waals surface area (Å²) in [5, 5.41) is 9.52. The lowest BCUT2D eigenvalue weighted by molar-refractivity contribution is -0.161. The molecule has 278 valence electrons. The second kappa shape index (κ2) is 33.5. The van der Waals surface area contributed by atoms with Crippen LogP contribution >= 0.6 is 7.82 Å². The van der Waals surface area contributed by atoms with Crippen molar-refractivity contribution in [1.29, 1.82) is 0 Å². The molecule has 48 heavy (non-hydrogen) atoms. The lowest BCUT2D eigenvalue weighted by atomic mass is 10.0. The van der Waals surface area contributed by atoms with Crippen molar-refractivity contribution in [2.24, 2.45) is 0 Å². The minimum Gasteiger partial charge on any atom is -0.462 e. The number of phosphoric acid groups is 1. The van der Waals surface area contributed by atoms with E-state index in [0.29, 0.717) is 19.3 Å². The van der Waals surface area contributed by atoms with Crippen LogP contribution in [0, 0.1) is 0 Å². The van der Waals surface area contributed by atoms with E-state index in [-0.39, 0.29) is 25.6 Å². The Hall–Kier alpha value is -2.03. The van der Waals surface area contributed by atoms with Crippen molar-refractivity contribution < 1.29 is 43.0 Å². The number of aliphatic hydroxyl groups is 1. The second-order valence-electron chi connectivity index (χ2n) is 12.3. The van der Waals surface area contributed by atoms with Crippen LogP contribution in [0.4, 0.5) is 0 Å². The highest BCUT2D eigenvalue weighted by Crippen LogP contribution is 2.36. The van der Waals surface area contributed by atoms with Gasteiger partial charge < -0.3 is 24.4 Å². The monoisotopic (exact) mass is 698 g/mol. The largest absolute Gasteiger partial charge is 0.469 e. The summed E-state index contributed by atoms with van der Waals surface area (Å²) in [6.45, 7) is 3.33. The van der Waals surface area contributed by atoms with Crippen molar-refractivity contribution >= 4 is 19.8 Å². The fourth-order valence-corrected chi connectivity index (χ4v) is 5.18. The van der Waals surface area contributed by atoms with Crippen LogP contribution in [-0.4, -0.2) is 52.3 Å². The first-order valence-electron chi connectivity index (χ1n) is 18.5. The zero-order valence-corrected chi connectivity index (χ0v) is 30.9. The first-order chi connectivity index (χ1) is 23.2. The van der Waals surface area contributed by atoms with E-state index in [2.05, 4.69) is 47.9 Å². The maximum absolute atomic E-state index is 12.3. The standard InChI is InChI=1S/C38H67O9P/c1-3-5-6-7-8-9-10-16-20-23-26-29-32-38(41)47-36(34-46-48(42,43)44)33-45-37(40)31-28-25-22-19-17-14-12-11-13-15-18-21-24-27-30-35(39)4-2/h12-15,19,21-22,24,35-36,39H,3-11,16-18,20,23,25-34H2,1-2H3,(H2,42,43,44)/b14-12-,15-13-,22-19-,24-21-/t35-,36+/m0/s1. The van der Waals surface area contributed by atoms with Crippen LogP contribution in [0.15, 0.2) is 48.6 Å². The highest BCUT2D eigenvalue weighted by atomic mass is 31.2. The third-order valence-electron chi connectivity index (χ3n) is 7.76. The van der Waals surface area contributed by atoms with Gasteiger partial charge in [0.05, 0.1) is 12.7 Å². The van der Waals surface area contributed by atoms with E-state index >= 15 is 0 Å². The van der Waals surface area contributed by atoms with Gasteiger partial charge in [0.25, 0.3) is 0 Å². The number of aliphatic hydroxyl groups excluding tert-OH is 1. The maximum atomic E-state index is 12.3. The van der Waals surface area contributed by atoms with Gasteiger partial charge >= 0.3 is 19.8 Å². The molecule has 0 spiro atoms. The van der Waals surface area contributed by atoms with Crippen molar-refractivity contribution in [2.45, 2.75) is 167 Å². The summed E-state index contributed by atoms with van der Waals surface area (Å²) in [4.78, 5) is 42.6. The molecule has 0 aromatic carbocycles. The van der Waals surface area contributed by atoms with Gasteiger partial charge in [0.15, 0.2) is 6.10 Å². The molecule has 0 heterocycles. The van der Waals surface area contributed by atoms with Gasteiger partial charge in [0, 0.05) is 12.8 Å². The van der Waals surface area contributed by atoms with Crippen LogP contribution in [-0.2, 0) is 28.2 Å². The maximum Gasteiger partial charge on any atom is 0.469 e. The van der Waals surface area contributed by atoms with Crippen LogP contribution in [0.1, 0.15) is 155 Å². The molecule has 0 aromatic rings. The van der Waals surface area contributed by atoms with Crippen LogP contribution < -0.4 is 0 Å². The lowest BCUT2D eigenvalue weighted by Gasteiger charge is -2.18. The van der Waals surface area contributed by atoms with Gasteiger partial charge in [0.2, 0.25) is 0 Å². The number of allylic oxidation sites excluding steroid dienone is 8. The molecule has 0 saturated heterocycles. The Morgan fingerprint density at radius 3 is 1.62 bits per heavy atom. The van der Waals surface area contributed by atoms with E-state index in [1.54, 1.807) is 0 Å². The molecule has 0 bridgehead atoms. The Balaban J connectivity index is 4.09. The predicted molar refractivity (Wildman–Crippen MR) is 194 cm³/mol. The smallest absolute Gasteiger partial charge is 0.462 e. The molecule has 0 aliphatic heterocycles. The number of hydrogen-bond donors (Lipinski definition) is 3. The first-order valence-corrected chi connectivity index (χ1v) is 20.0. The van der Waals surface area contributed by atoms with E-state index in [9.17, 15) is 19.3 Å². The van der Waals surface area contributed by atoms with Crippen LogP contribution in [0.5, 0.6) is 0 Å². The number of carbonyl (C=O) groups is 2. The molecule has 0 aliphatic carbocycles. The van der Waals surface area contributed by atoms with Crippen molar-refractivity contribution in [2.75, 3.05) is 13.2 Å². The number of hydrogen-bond acceptors (Lipinski definition) is 7. The highest BCUT2D eigenvalue weighted by molar-refractivity contribution is 7.46. The zero-order valence-electron chi connectivity index (χ0n) is 30.0. The third kappa shape index (κ3) is 35.3. The van der Waals surface area contributed by atoms with Gasteiger partial charge in [0.1, 0.15) is 6.61 Å². The summed E-state index contributed by atoms with van der Waals surface area (Å²) in [7, 11) is -4.77. The number of unbranched alkanes of at least 4 members (excludes halogenated alkanes) is 12. The van der Waals surface area contributed by atoms with E-state index in [1.807, 2.05) is 19.1 Å². The topological polar surface area (TPSA) is 140 Å². The molecule has 0 aromatic heterocycles. The number of ether oxygens (including phenoxy) is 2. The fourth-order valence-electron chi connectivity index (χ4n) is 4.82. The minimum atomic E-state index is -4.77. The average Bonchev–Trinajstić information content (AvgIpc) is 3.05. The Morgan fingerprint density at radius 2 is 1.10 bits per heavy atom. The summed E-state index contributed by atoms with van der Waals surface area (Å²) < 4.78 is 26.2. The molecular weight excluding hydrogens is 631 g/mol. The molecule has 0 aliphatic rings. The molecule has 0 rings (SSSR count). The Labute approximate surface area is 291 Å². The van der Waals surface area contributed by atoms with Crippen molar-refractivity contribution in [3.8, 4) is 0 Å². The molecule has 2 atom stereocenters. The number of phosphoric ester groups is 1. The molecule has 0 radical (unpaired) electrons. The SMILES string of the molecule is CCCCCCCCCCCCCCC(=O)O[C@H](COC(=O)CCC/C=C\C/C=C\C/C=C\C/C=C\CC[C@@H](O)CC)COP(=O)(O)O. The summed E-state index contributed by atoms with van der Waals surface area (Å²) in [5.41, 5.74) is 0. The molecule has 9 nitrogen and oxygen atoms in total. The van der Waals surface area contributed by atoms with E-state index in [0.717, 1.165) is 57.8 Å². The molecule has 0 amide bonds. The Morgan fingerprint density at radius 1 is 0.625 bits per heavy atom. The molecule has 0 fully saturated rings. The van der Waals surface area contributed by atoms with E-state index in [1.165, 1.54) is 51.4 Å². The second-order valence-corrected chi connectivity index (χ2v) is 13.6. The normalized spacial score (nSPS) is 13.7. The van der Waals surface area contributed by atoms with Crippen LogP contribution in [0.25, 0.3) is 0 Å². The lowest BCUT2D eigenvalue weighted by Crippen LogP contribution is -2.29. The summed E-state index contributed by atoms with van der Waals surface area (Å²) in [6, 6.07) is 0. The summed E-state index contributed by atoms with van der Waals surface area (Å²) in [5.74, 6) is -0.971. The van der Waals surface area contributed by atoms with Gasteiger partial charge in [-0.25, -0.2) is 4.57 Å². The van der Waals surface area contributed by atoms with Gasteiger partial charge in [-0.1, -0.05) is 133 Å². The quantitative estimate of drug-likeness (QED) is 0.0264. The predicted octanol–water partition coefficient (Wildman–Crippen LogP) is 9.76. The molecule has 10 heteroatoms. The molecule has 0 saturated carbocycles. The summed E-state index contributed by atoms with van der Waals surface area (Å²) in [6.07, 6.45) is 36.4. The highest BCUT2D eigenvalue weighted by Gasteiger charge is 2.22.